The van der Waals surface area contributed by atoms with Gasteiger partial charge in [-0.3, -0.25) is 0 Å². The third kappa shape index (κ3) is 1.85. The molecule has 1 rings (SSSR count). The monoisotopic (exact) mass is 127 g/mol. The largest absolute Gasteiger partial charge is 0.545 e. The van der Waals surface area contributed by atoms with Gasteiger partial charge in [0.05, 0.1) is 18.7 Å². The van der Waals surface area contributed by atoms with Crippen molar-refractivity contribution in [3.8, 4) is 0 Å². The highest BCUT2D eigenvalue weighted by Gasteiger charge is 2.22. The number of epoxide rings is 1. The van der Waals surface area contributed by atoms with Gasteiger partial charge in [-0.05, 0) is 5.57 Å². The molecule has 1 atom stereocenters. The zero-order valence-electron chi connectivity index (χ0n) is 4.92. The molecule has 3 nitrogen and oxygen atoms in total. The fourth-order valence-corrected chi connectivity index (χ4v) is 0.544. The molecule has 9 heavy (non-hydrogen) atoms. The molecular formula is C6H7O3-. The summed E-state index contributed by atoms with van der Waals surface area (Å²) in [7, 11) is 0. The summed E-state index contributed by atoms with van der Waals surface area (Å²) < 4.78 is 4.78. The fourth-order valence-electron chi connectivity index (χ4n) is 0.544. The molecular weight excluding hydrogens is 120 g/mol. The molecule has 0 amide bonds. The average molecular weight is 127 g/mol. The van der Waals surface area contributed by atoms with Crippen molar-refractivity contribution in [2.75, 3.05) is 6.61 Å². The third-order valence-electron chi connectivity index (χ3n) is 1.17. The highest BCUT2D eigenvalue weighted by molar-refractivity contribution is 5.83. The van der Waals surface area contributed by atoms with Crippen LogP contribution < -0.4 is 5.11 Å². The molecule has 0 radical (unpaired) electrons. The first kappa shape index (κ1) is 6.29. The number of aliphatic carboxylic acids is 1. The third-order valence-corrected chi connectivity index (χ3v) is 1.17. The van der Waals surface area contributed by atoms with Crippen molar-refractivity contribution in [1.29, 1.82) is 0 Å². The molecule has 1 unspecified atom stereocenters. The standard InChI is InChI=1S/C6H8O3/c1-4(6(7)8)2-5-3-9-5/h5H,1-3H2,(H,7,8)/p-1. The highest BCUT2D eigenvalue weighted by Crippen LogP contribution is 2.17. The van der Waals surface area contributed by atoms with Crippen molar-refractivity contribution in [3.63, 3.8) is 0 Å². The lowest BCUT2D eigenvalue weighted by molar-refractivity contribution is -0.299. The Hall–Kier alpha value is -0.830. The molecule has 0 saturated carbocycles. The lowest BCUT2D eigenvalue weighted by Gasteiger charge is -2.01. The summed E-state index contributed by atoms with van der Waals surface area (Å²) in [4.78, 5) is 10.00. The minimum Gasteiger partial charge on any atom is -0.545 e. The van der Waals surface area contributed by atoms with Crippen LogP contribution in [-0.4, -0.2) is 18.7 Å². The van der Waals surface area contributed by atoms with Gasteiger partial charge in [0.2, 0.25) is 0 Å². The van der Waals surface area contributed by atoms with E-state index < -0.39 is 5.97 Å². The van der Waals surface area contributed by atoms with E-state index in [2.05, 4.69) is 6.58 Å². The Kier molecular flexibility index (Phi) is 1.53. The Morgan fingerprint density at radius 3 is 2.78 bits per heavy atom. The summed E-state index contributed by atoms with van der Waals surface area (Å²) in [5.41, 5.74) is 0.123. The van der Waals surface area contributed by atoms with E-state index in [0.29, 0.717) is 13.0 Å². The van der Waals surface area contributed by atoms with Crippen LogP contribution in [0.3, 0.4) is 0 Å². The van der Waals surface area contributed by atoms with Gasteiger partial charge < -0.3 is 14.6 Å². The van der Waals surface area contributed by atoms with Crippen molar-refractivity contribution >= 4 is 5.97 Å². The molecule has 0 N–H and O–H groups in total. The SMILES string of the molecule is C=C(CC1CO1)C(=O)[O-]. The maximum atomic E-state index is 10.00. The molecule has 0 aliphatic carbocycles. The van der Waals surface area contributed by atoms with Crippen LogP contribution in [0.4, 0.5) is 0 Å². The molecule has 3 heteroatoms. The van der Waals surface area contributed by atoms with E-state index >= 15 is 0 Å². The summed E-state index contributed by atoms with van der Waals surface area (Å²) in [5, 5.41) is 10.00. The van der Waals surface area contributed by atoms with E-state index in [-0.39, 0.29) is 11.7 Å². The normalized spacial score (nSPS) is 23.3. The molecule has 1 fully saturated rings. The maximum absolute atomic E-state index is 10.00. The fraction of sp³-hybridized carbons (Fsp3) is 0.500. The second-order valence-corrected chi connectivity index (χ2v) is 2.05. The Balaban J connectivity index is 2.25. The van der Waals surface area contributed by atoms with Gasteiger partial charge in [0.1, 0.15) is 0 Å². The summed E-state index contributed by atoms with van der Waals surface area (Å²) in [6.07, 6.45) is 0.498. The molecule has 1 saturated heterocycles. The van der Waals surface area contributed by atoms with Crippen molar-refractivity contribution in [1.82, 2.24) is 0 Å². The number of hydrogen-bond donors (Lipinski definition) is 0. The van der Waals surface area contributed by atoms with Crippen LogP contribution in [0.5, 0.6) is 0 Å². The van der Waals surface area contributed by atoms with Crippen LogP contribution in [0.1, 0.15) is 6.42 Å². The van der Waals surface area contributed by atoms with E-state index in [4.69, 9.17) is 4.74 Å². The first-order valence-corrected chi connectivity index (χ1v) is 2.71. The predicted molar refractivity (Wildman–Crippen MR) is 28.5 cm³/mol. The van der Waals surface area contributed by atoms with Gasteiger partial charge in [-0.1, -0.05) is 6.58 Å². The van der Waals surface area contributed by atoms with E-state index in [9.17, 15) is 9.90 Å². The smallest absolute Gasteiger partial charge is 0.0850 e. The van der Waals surface area contributed by atoms with Crippen molar-refractivity contribution in [3.05, 3.63) is 12.2 Å². The first-order valence-electron chi connectivity index (χ1n) is 2.71. The minimum atomic E-state index is -1.18. The minimum absolute atomic E-state index is 0.0930. The Labute approximate surface area is 52.9 Å². The topological polar surface area (TPSA) is 52.7 Å². The molecule has 0 spiro atoms. The predicted octanol–water partition coefficient (Wildman–Crippen LogP) is -0.919. The van der Waals surface area contributed by atoms with Gasteiger partial charge in [-0.15, -0.1) is 0 Å². The lowest BCUT2D eigenvalue weighted by Crippen LogP contribution is -2.24. The van der Waals surface area contributed by atoms with Crippen LogP contribution in [0.25, 0.3) is 0 Å². The number of carboxylic acid groups (broad SMARTS) is 1. The van der Waals surface area contributed by atoms with Crippen LogP contribution in [-0.2, 0) is 9.53 Å². The zero-order chi connectivity index (χ0) is 6.85. The van der Waals surface area contributed by atoms with E-state index in [1.54, 1.807) is 0 Å². The number of carboxylic acids is 1. The number of ether oxygens (including phenoxy) is 1. The van der Waals surface area contributed by atoms with E-state index in [1.807, 2.05) is 0 Å². The van der Waals surface area contributed by atoms with Crippen molar-refractivity contribution < 1.29 is 14.6 Å². The zero-order valence-corrected chi connectivity index (χ0v) is 4.92. The van der Waals surface area contributed by atoms with Crippen LogP contribution >= 0.6 is 0 Å². The quantitative estimate of drug-likeness (QED) is 0.364. The van der Waals surface area contributed by atoms with Crippen LogP contribution in [0, 0.1) is 0 Å². The van der Waals surface area contributed by atoms with Gasteiger partial charge >= 0.3 is 0 Å². The molecule has 1 heterocycles. The molecule has 1 aliphatic heterocycles. The van der Waals surface area contributed by atoms with Crippen molar-refractivity contribution in [2.45, 2.75) is 12.5 Å². The van der Waals surface area contributed by atoms with Gasteiger partial charge in [0.25, 0.3) is 0 Å². The maximum Gasteiger partial charge on any atom is 0.0850 e. The molecule has 0 aromatic rings. The lowest BCUT2D eigenvalue weighted by atomic mass is 10.2. The number of carbonyl (C=O) groups is 1. The number of carbonyl (C=O) groups excluding carboxylic acids is 1. The van der Waals surface area contributed by atoms with Crippen molar-refractivity contribution in [2.24, 2.45) is 0 Å². The number of hydrogen-bond acceptors (Lipinski definition) is 3. The molecule has 1 aliphatic rings. The van der Waals surface area contributed by atoms with Gasteiger partial charge in [0, 0.05) is 6.42 Å². The van der Waals surface area contributed by atoms with Crippen LogP contribution in [0.15, 0.2) is 12.2 Å². The Morgan fingerprint density at radius 1 is 1.89 bits per heavy atom. The summed E-state index contributed by atoms with van der Waals surface area (Å²) in [6.45, 7) is 3.95. The Morgan fingerprint density at radius 2 is 2.44 bits per heavy atom. The molecule has 0 aromatic heterocycles. The van der Waals surface area contributed by atoms with Gasteiger partial charge in [-0.25, -0.2) is 0 Å². The average Bonchev–Trinajstić information content (AvgIpc) is 2.50. The van der Waals surface area contributed by atoms with Crippen LogP contribution in [0.2, 0.25) is 0 Å². The molecule has 0 aromatic carbocycles. The van der Waals surface area contributed by atoms with Gasteiger partial charge in [-0.2, -0.15) is 0 Å². The molecule has 0 bridgehead atoms. The second kappa shape index (κ2) is 2.19. The molecule has 50 valence electrons. The van der Waals surface area contributed by atoms with E-state index in [0.717, 1.165) is 0 Å². The van der Waals surface area contributed by atoms with E-state index in [1.165, 1.54) is 0 Å². The Bertz CT molecular complexity index is 146. The summed E-state index contributed by atoms with van der Waals surface area (Å²) >= 11 is 0. The first-order chi connectivity index (χ1) is 4.20. The van der Waals surface area contributed by atoms with Gasteiger partial charge in [0.15, 0.2) is 0 Å². The second-order valence-electron chi connectivity index (χ2n) is 2.05. The number of rotatable bonds is 3. The summed E-state index contributed by atoms with van der Waals surface area (Å²) in [6, 6.07) is 0. The summed E-state index contributed by atoms with van der Waals surface area (Å²) in [5.74, 6) is -1.18. The highest BCUT2D eigenvalue weighted by atomic mass is 16.6.